The van der Waals surface area contributed by atoms with E-state index in [-0.39, 0.29) is 5.91 Å². The fourth-order valence-electron chi connectivity index (χ4n) is 2.94. The van der Waals surface area contributed by atoms with E-state index < -0.39 is 6.10 Å². The minimum atomic E-state index is -0.535. The summed E-state index contributed by atoms with van der Waals surface area (Å²) in [6.45, 7) is 2.39. The first-order valence-electron chi connectivity index (χ1n) is 9.22. The van der Waals surface area contributed by atoms with Crippen LogP contribution in [0.4, 0.5) is 0 Å². The summed E-state index contributed by atoms with van der Waals surface area (Å²) in [6, 6.07) is 21.9. The van der Waals surface area contributed by atoms with Gasteiger partial charge in [0.15, 0.2) is 6.10 Å². The molecular weight excluding hydrogens is 338 g/mol. The summed E-state index contributed by atoms with van der Waals surface area (Å²) < 4.78 is 11.0. The molecule has 0 heterocycles. The van der Waals surface area contributed by atoms with Crippen molar-refractivity contribution in [1.82, 2.24) is 5.32 Å². The van der Waals surface area contributed by atoms with Gasteiger partial charge in [-0.2, -0.15) is 0 Å². The summed E-state index contributed by atoms with van der Waals surface area (Å²) in [7, 11) is 1.66. The fourth-order valence-corrected chi connectivity index (χ4v) is 2.94. The first-order chi connectivity index (χ1) is 13.2. The summed E-state index contributed by atoms with van der Waals surface area (Å²) in [5.74, 6) is 1.46. The Hall–Kier alpha value is -3.01. The average Bonchev–Trinajstić information content (AvgIpc) is 2.71. The van der Waals surface area contributed by atoms with E-state index >= 15 is 0 Å². The van der Waals surface area contributed by atoms with Crippen molar-refractivity contribution in [3.05, 3.63) is 72.3 Å². The second-order valence-corrected chi connectivity index (χ2v) is 6.51. The number of amides is 1. The van der Waals surface area contributed by atoms with Crippen LogP contribution in [-0.2, 0) is 11.2 Å². The molecule has 0 radical (unpaired) electrons. The van der Waals surface area contributed by atoms with Crippen molar-refractivity contribution in [3.8, 4) is 11.5 Å². The highest BCUT2D eigenvalue weighted by Crippen LogP contribution is 2.21. The number of carbonyl (C=O) groups excluding carboxylic acids is 1. The minimum Gasteiger partial charge on any atom is -0.497 e. The van der Waals surface area contributed by atoms with E-state index in [0.717, 1.165) is 29.4 Å². The molecule has 4 nitrogen and oxygen atoms in total. The Morgan fingerprint density at radius 2 is 1.67 bits per heavy atom. The monoisotopic (exact) mass is 363 g/mol. The molecule has 0 aliphatic carbocycles. The van der Waals surface area contributed by atoms with Crippen molar-refractivity contribution in [2.24, 2.45) is 0 Å². The maximum Gasteiger partial charge on any atom is 0.260 e. The highest BCUT2D eigenvalue weighted by molar-refractivity contribution is 5.84. The normalized spacial score (nSPS) is 11.8. The van der Waals surface area contributed by atoms with Gasteiger partial charge in [0.25, 0.3) is 5.91 Å². The minimum absolute atomic E-state index is 0.0992. The second-order valence-electron chi connectivity index (χ2n) is 6.51. The van der Waals surface area contributed by atoms with Crippen LogP contribution in [0.25, 0.3) is 10.8 Å². The molecule has 3 rings (SSSR count). The molecule has 4 heteroatoms. The number of aryl methyl sites for hydroxylation is 1. The number of nitrogens with one attached hydrogen (secondary N) is 1. The van der Waals surface area contributed by atoms with Crippen LogP contribution in [0.5, 0.6) is 11.5 Å². The van der Waals surface area contributed by atoms with Crippen LogP contribution < -0.4 is 14.8 Å². The zero-order valence-electron chi connectivity index (χ0n) is 15.8. The lowest BCUT2D eigenvalue weighted by Crippen LogP contribution is -2.36. The molecule has 1 atom stereocenters. The van der Waals surface area contributed by atoms with Crippen LogP contribution in [0, 0.1) is 0 Å². The lowest BCUT2D eigenvalue weighted by Gasteiger charge is -2.15. The highest BCUT2D eigenvalue weighted by Gasteiger charge is 2.14. The van der Waals surface area contributed by atoms with Gasteiger partial charge >= 0.3 is 0 Å². The Labute approximate surface area is 160 Å². The van der Waals surface area contributed by atoms with Gasteiger partial charge < -0.3 is 14.8 Å². The van der Waals surface area contributed by atoms with Crippen molar-refractivity contribution < 1.29 is 14.3 Å². The third kappa shape index (κ3) is 5.23. The average molecular weight is 363 g/mol. The predicted octanol–water partition coefficient (Wildman–Crippen LogP) is 4.36. The van der Waals surface area contributed by atoms with Crippen LogP contribution in [0.2, 0.25) is 0 Å². The van der Waals surface area contributed by atoms with Crippen LogP contribution in [0.3, 0.4) is 0 Å². The molecule has 3 aromatic carbocycles. The number of rotatable bonds is 8. The molecule has 140 valence electrons. The van der Waals surface area contributed by atoms with Gasteiger partial charge in [-0.15, -0.1) is 0 Å². The Kier molecular flexibility index (Phi) is 6.31. The largest absolute Gasteiger partial charge is 0.497 e. The van der Waals surface area contributed by atoms with Crippen LogP contribution in [-0.4, -0.2) is 25.7 Å². The number of benzene rings is 3. The van der Waals surface area contributed by atoms with E-state index in [9.17, 15) is 4.79 Å². The van der Waals surface area contributed by atoms with Crippen molar-refractivity contribution in [2.45, 2.75) is 25.9 Å². The number of hydrogen-bond acceptors (Lipinski definition) is 3. The standard InChI is InChI=1S/C23H25NO3/c1-17(27-22-14-11-19-7-3-4-8-20(19)16-22)23(25)24-15-5-6-18-9-12-21(26-2)13-10-18/h3-4,7-14,16-17H,5-6,15H2,1-2H3,(H,24,25)/t17-/m0/s1. The first-order valence-corrected chi connectivity index (χ1v) is 9.22. The third-order valence-electron chi connectivity index (χ3n) is 4.50. The number of methoxy groups -OCH3 is 1. The molecular formula is C23H25NO3. The zero-order chi connectivity index (χ0) is 19.1. The molecule has 27 heavy (non-hydrogen) atoms. The molecule has 0 aromatic heterocycles. The van der Waals surface area contributed by atoms with E-state index in [4.69, 9.17) is 9.47 Å². The molecule has 1 amide bonds. The maximum atomic E-state index is 12.3. The van der Waals surface area contributed by atoms with Gasteiger partial charge in [-0.1, -0.05) is 42.5 Å². The molecule has 0 saturated heterocycles. The van der Waals surface area contributed by atoms with Crippen LogP contribution in [0.1, 0.15) is 18.9 Å². The van der Waals surface area contributed by atoms with Crippen molar-refractivity contribution >= 4 is 16.7 Å². The van der Waals surface area contributed by atoms with Gasteiger partial charge in [-0.05, 0) is 60.4 Å². The summed E-state index contributed by atoms with van der Waals surface area (Å²) in [5.41, 5.74) is 1.23. The molecule has 0 spiro atoms. The Balaban J connectivity index is 1.44. The molecule has 0 fully saturated rings. The van der Waals surface area contributed by atoms with E-state index in [1.54, 1.807) is 14.0 Å². The smallest absolute Gasteiger partial charge is 0.260 e. The molecule has 3 aromatic rings. The molecule has 0 aliphatic rings. The zero-order valence-corrected chi connectivity index (χ0v) is 15.8. The van der Waals surface area contributed by atoms with Crippen LogP contribution >= 0.6 is 0 Å². The Morgan fingerprint density at radius 3 is 2.41 bits per heavy atom. The van der Waals surface area contributed by atoms with Gasteiger partial charge in [-0.3, -0.25) is 4.79 Å². The third-order valence-corrected chi connectivity index (χ3v) is 4.50. The second kappa shape index (κ2) is 9.08. The summed E-state index contributed by atoms with van der Waals surface area (Å²) >= 11 is 0. The Morgan fingerprint density at radius 1 is 0.963 bits per heavy atom. The molecule has 1 N–H and O–H groups in total. The number of fused-ring (bicyclic) bond motifs is 1. The first kappa shape index (κ1) is 18.8. The molecule has 0 aliphatic heterocycles. The molecule has 0 unspecified atom stereocenters. The lowest BCUT2D eigenvalue weighted by molar-refractivity contribution is -0.127. The van der Waals surface area contributed by atoms with Crippen molar-refractivity contribution in [2.75, 3.05) is 13.7 Å². The van der Waals surface area contributed by atoms with E-state index in [0.29, 0.717) is 12.3 Å². The molecule has 0 bridgehead atoms. The number of hydrogen-bond donors (Lipinski definition) is 1. The van der Waals surface area contributed by atoms with Gasteiger partial charge in [0.1, 0.15) is 11.5 Å². The topological polar surface area (TPSA) is 47.6 Å². The fraction of sp³-hybridized carbons (Fsp3) is 0.261. The van der Waals surface area contributed by atoms with E-state index in [1.165, 1.54) is 5.56 Å². The maximum absolute atomic E-state index is 12.3. The summed E-state index contributed by atoms with van der Waals surface area (Å²) in [4.78, 5) is 12.3. The van der Waals surface area contributed by atoms with Crippen molar-refractivity contribution in [1.29, 1.82) is 0 Å². The van der Waals surface area contributed by atoms with E-state index in [1.807, 2.05) is 60.7 Å². The highest BCUT2D eigenvalue weighted by atomic mass is 16.5. The predicted molar refractivity (Wildman–Crippen MR) is 108 cm³/mol. The van der Waals surface area contributed by atoms with Gasteiger partial charge in [0.2, 0.25) is 0 Å². The van der Waals surface area contributed by atoms with Crippen molar-refractivity contribution in [3.63, 3.8) is 0 Å². The van der Waals surface area contributed by atoms with Gasteiger partial charge in [0, 0.05) is 6.54 Å². The number of ether oxygens (including phenoxy) is 2. The van der Waals surface area contributed by atoms with Gasteiger partial charge in [-0.25, -0.2) is 0 Å². The quantitative estimate of drug-likeness (QED) is 0.605. The lowest BCUT2D eigenvalue weighted by atomic mass is 10.1. The molecule has 0 saturated carbocycles. The van der Waals surface area contributed by atoms with E-state index in [2.05, 4.69) is 11.4 Å². The number of carbonyl (C=O) groups is 1. The summed E-state index contributed by atoms with van der Waals surface area (Å²) in [5, 5.41) is 5.20. The van der Waals surface area contributed by atoms with Crippen LogP contribution in [0.15, 0.2) is 66.7 Å². The SMILES string of the molecule is COc1ccc(CCCNC(=O)[C@H](C)Oc2ccc3ccccc3c2)cc1. The summed E-state index contributed by atoms with van der Waals surface area (Å²) in [6.07, 6.45) is 1.25. The van der Waals surface area contributed by atoms with Gasteiger partial charge in [0.05, 0.1) is 7.11 Å². The Bertz CT molecular complexity index is 890.